The maximum absolute atomic E-state index is 10.3. The molecule has 0 aliphatic carbocycles. The largest absolute Gasteiger partial charge is 0.748 e. The summed E-state index contributed by atoms with van der Waals surface area (Å²) in [7, 11) is -4.01. The van der Waals surface area contributed by atoms with Crippen LogP contribution in [-0.2, 0) is 10.1 Å². The van der Waals surface area contributed by atoms with Gasteiger partial charge < -0.3 is 4.55 Å². The van der Waals surface area contributed by atoms with Crippen molar-refractivity contribution in [3.8, 4) is 0 Å². The zero-order valence-electron chi connectivity index (χ0n) is 8.53. The maximum Gasteiger partial charge on any atom is 0.149 e. The number of unbranched alkanes of at least 4 members (excludes halogenated alkanes) is 1. The first kappa shape index (κ1) is 11.7. The van der Waals surface area contributed by atoms with Crippen molar-refractivity contribution in [2.45, 2.75) is 32.6 Å². The average molecular weight is 219 g/mol. The van der Waals surface area contributed by atoms with Gasteiger partial charge in [-0.15, -0.1) is 0 Å². The average Bonchev–Trinajstić information content (AvgIpc) is 2.44. The smallest absolute Gasteiger partial charge is 0.149 e. The lowest BCUT2D eigenvalue weighted by molar-refractivity contribution is -0.520. The molecule has 1 heterocycles. The van der Waals surface area contributed by atoms with Crippen molar-refractivity contribution in [1.29, 1.82) is 0 Å². The van der Waals surface area contributed by atoms with Crippen molar-refractivity contribution >= 4 is 15.8 Å². The summed E-state index contributed by atoms with van der Waals surface area (Å²) in [5.41, 5.74) is 1.38. The van der Waals surface area contributed by atoms with E-state index >= 15 is 0 Å². The van der Waals surface area contributed by atoms with E-state index in [-0.39, 0.29) is 5.75 Å². The minimum absolute atomic E-state index is 0.222. The van der Waals surface area contributed by atoms with Crippen molar-refractivity contribution in [2.75, 3.05) is 18.8 Å². The van der Waals surface area contributed by atoms with Gasteiger partial charge in [-0.2, -0.15) is 0 Å². The Morgan fingerprint density at radius 2 is 2.14 bits per heavy atom. The SMILES string of the molecule is CC1=[N+](CCCCS(=O)(=O)[O-])CCC1. The van der Waals surface area contributed by atoms with Crippen LogP contribution in [0.3, 0.4) is 0 Å². The third kappa shape index (κ3) is 4.19. The quantitative estimate of drug-likeness (QED) is 0.386. The molecule has 0 unspecified atom stereocenters. The van der Waals surface area contributed by atoms with Crippen LogP contribution >= 0.6 is 0 Å². The Bertz CT molecular complexity index is 319. The lowest BCUT2D eigenvalue weighted by Crippen LogP contribution is -2.15. The highest BCUT2D eigenvalue weighted by Crippen LogP contribution is 2.05. The molecular weight excluding hydrogens is 202 g/mol. The molecule has 0 aromatic rings. The van der Waals surface area contributed by atoms with Crippen molar-refractivity contribution in [2.24, 2.45) is 0 Å². The van der Waals surface area contributed by atoms with Crippen LogP contribution in [0.5, 0.6) is 0 Å². The van der Waals surface area contributed by atoms with E-state index in [4.69, 9.17) is 0 Å². The Balaban J connectivity index is 2.19. The van der Waals surface area contributed by atoms with Crippen molar-refractivity contribution < 1.29 is 17.5 Å². The van der Waals surface area contributed by atoms with Crippen LogP contribution in [0.2, 0.25) is 0 Å². The van der Waals surface area contributed by atoms with Gasteiger partial charge in [0.1, 0.15) is 18.8 Å². The molecule has 0 saturated heterocycles. The summed E-state index contributed by atoms with van der Waals surface area (Å²) >= 11 is 0. The topological polar surface area (TPSA) is 60.2 Å². The Labute approximate surface area is 85.4 Å². The van der Waals surface area contributed by atoms with Crippen LogP contribution in [0, 0.1) is 0 Å². The Hall–Kier alpha value is -0.420. The summed E-state index contributed by atoms with van der Waals surface area (Å²) < 4.78 is 33.2. The van der Waals surface area contributed by atoms with Gasteiger partial charge in [0, 0.05) is 31.9 Å². The molecule has 1 rings (SSSR count). The summed E-state index contributed by atoms with van der Waals surface area (Å²) in [6, 6.07) is 0. The van der Waals surface area contributed by atoms with Gasteiger partial charge in [-0.3, -0.25) is 0 Å². The predicted octanol–water partition coefficient (Wildman–Crippen LogP) is 0.579. The summed E-state index contributed by atoms with van der Waals surface area (Å²) in [5, 5.41) is 0. The summed E-state index contributed by atoms with van der Waals surface area (Å²) in [6.45, 7) is 4.08. The summed E-state index contributed by atoms with van der Waals surface area (Å²) in [4.78, 5) is 0. The van der Waals surface area contributed by atoms with Crippen LogP contribution in [0.1, 0.15) is 32.6 Å². The fourth-order valence-corrected chi connectivity index (χ4v) is 2.32. The predicted molar refractivity (Wildman–Crippen MR) is 53.7 cm³/mol. The maximum atomic E-state index is 10.3. The standard InChI is InChI=1S/C9H17NO3S/c1-9-5-4-7-10(9)6-2-3-8-14(11,12)13/h2-8H2,1H3. The normalized spacial score (nSPS) is 17.9. The molecule has 0 atom stereocenters. The molecule has 0 saturated carbocycles. The zero-order valence-corrected chi connectivity index (χ0v) is 9.35. The number of hydrogen-bond acceptors (Lipinski definition) is 3. The van der Waals surface area contributed by atoms with Gasteiger partial charge in [0.05, 0.1) is 10.1 Å². The van der Waals surface area contributed by atoms with Gasteiger partial charge in [-0.1, -0.05) is 0 Å². The lowest BCUT2D eigenvalue weighted by atomic mass is 10.3. The molecule has 82 valence electrons. The van der Waals surface area contributed by atoms with Crippen LogP contribution in [0.15, 0.2) is 0 Å². The zero-order chi connectivity index (χ0) is 10.6. The van der Waals surface area contributed by atoms with Gasteiger partial charge in [-0.25, -0.2) is 13.0 Å². The highest BCUT2D eigenvalue weighted by atomic mass is 32.2. The first-order chi connectivity index (χ1) is 6.49. The van der Waals surface area contributed by atoms with E-state index in [0.29, 0.717) is 6.42 Å². The van der Waals surface area contributed by atoms with Crippen LogP contribution < -0.4 is 0 Å². The molecule has 0 fully saturated rings. The van der Waals surface area contributed by atoms with E-state index in [2.05, 4.69) is 11.5 Å². The van der Waals surface area contributed by atoms with E-state index in [0.717, 1.165) is 25.9 Å². The monoisotopic (exact) mass is 219 g/mol. The Morgan fingerprint density at radius 1 is 1.43 bits per heavy atom. The number of nitrogens with zero attached hydrogens (tertiary/aromatic N) is 1. The van der Waals surface area contributed by atoms with Gasteiger partial charge >= 0.3 is 0 Å². The Kier molecular flexibility index (Phi) is 4.07. The van der Waals surface area contributed by atoms with Gasteiger partial charge in [-0.05, 0) is 6.42 Å². The fraction of sp³-hybridized carbons (Fsp3) is 0.889. The van der Waals surface area contributed by atoms with Crippen molar-refractivity contribution in [3.63, 3.8) is 0 Å². The molecule has 5 heteroatoms. The van der Waals surface area contributed by atoms with E-state index in [9.17, 15) is 13.0 Å². The first-order valence-corrected chi connectivity index (χ1v) is 6.58. The number of rotatable bonds is 5. The van der Waals surface area contributed by atoms with E-state index in [1.165, 1.54) is 12.1 Å². The minimum atomic E-state index is -4.01. The second-order valence-corrected chi connectivity index (χ2v) is 5.32. The molecule has 0 spiro atoms. The van der Waals surface area contributed by atoms with Crippen molar-refractivity contribution in [3.05, 3.63) is 0 Å². The summed E-state index contributed by atoms with van der Waals surface area (Å²) in [5.74, 6) is -0.222. The third-order valence-electron chi connectivity index (χ3n) is 2.58. The second-order valence-electron chi connectivity index (χ2n) is 3.79. The van der Waals surface area contributed by atoms with E-state index in [1.807, 2.05) is 0 Å². The third-order valence-corrected chi connectivity index (χ3v) is 3.37. The lowest BCUT2D eigenvalue weighted by Gasteiger charge is -2.05. The fourth-order valence-electron chi connectivity index (χ4n) is 1.76. The Morgan fingerprint density at radius 3 is 2.64 bits per heavy atom. The highest BCUT2D eigenvalue weighted by Gasteiger charge is 2.16. The molecule has 0 aromatic heterocycles. The molecular formula is C9H17NO3S. The molecule has 0 N–H and O–H groups in total. The minimum Gasteiger partial charge on any atom is -0.748 e. The van der Waals surface area contributed by atoms with Crippen molar-refractivity contribution in [1.82, 2.24) is 0 Å². The van der Waals surface area contributed by atoms with Crippen LogP contribution in [0.4, 0.5) is 0 Å². The molecule has 1 aliphatic rings. The van der Waals surface area contributed by atoms with E-state index in [1.54, 1.807) is 0 Å². The molecule has 14 heavy (non-hydrogen) atoms. The van der Waals surface area contributed by atoms with Crippen LogP contribution in [0.25, 0.3) is 0 Å². The van der Waals surface area contributed by atoms with E-state index < -0.39 is 10.1 Å². The first-order valence-electron chi connectivity index (χ1n) is 5.00. The second kappa shape index (κ2) is 4.89. The molecule has 0 bridgehead atoms. The highest BCUT2D eigenvalue weighted by molar-refractivity contribution is 7.85. The van der Waals surface area contributed by atoms with Gasteiger partial charge in [0.25, 0.3) is 0 Å². The molecule has 1 aliphatic heterocycles. The van der Waals surface area contributed by atoms with Gasteiger partial charge in [0.15, 0.2) is 0 Å². The van der Waals surface area contributed by atoms with Crippen LogP contribution in [-0.4, -0.2) is 42.1 Å². The van der Waals surface area contributed by atoms with Gasteiger partial charge in [0.2, 0.25) is 0 Å². The summed E-state index contributed by atoms with van der Waals surface area (Å²) in [6.07, 6.45) is 3.62. The molecule has 4 nitrogen and oxygen atoms in total. The molecule has 0 aromatic carbocycles. The molecule has 0 radical (unpaired) electrons. The molecule has 0 amide bonds. The number of hydrogen-bond donors (Lipinski definition) is 0.